The molecule has 0 spiro atoms. The lowest BCUT2D eigenvalue weighted by atomic mass is 10.3. The number of rotatable bonds is 1. The highest BCUT2D eigenvalue weighted by atomic mass is 32.2. The summed E-state index contributed by atoms with van der Waals surface area (Å²) >= 11 is 1.65. The zero-order chi connectivity index (χ0) is 8.39. The summed E-state index contributed by atoms with van der Waals surface area (Å²) < 4.78 is 0. The second-order valence-electron chi connectivity index (χ2n) is 2.32. The summed E-state index contributed by atoms with van der Waals surface area (Å²) in [5.74, 6) is 0.848. The van der Waals surface area contributed by atoms with Crippen LogP contribution in [0.2, 0.25) is 0 Å². The van der Waals surface area contributed by atoms with Gasteiger partial charge in [0.25, 0.3) is 0 Å². The maximum atomic E-state index is 10.1. The lowest BCUT2D eigenvalue weighted by Gasteiger charge is -1.98. The molecule has 0 unspecified atom stereocenters. The van der Waals surface area contributed by atoms with E-state index < -0.39 is 0 Å². The van der Waals surface area contributed by atoms with Gasteiger partial charge in [0, 0.05) is 0 Å². The molecule has 0 fully saturated rings. The van der Waals surface area contributed by atoms with Crippen molar-refractivity contribution in [3.05, 3.63) is 18.2 Å². The third kappa shape index (κ3) is 1.11. The number of thioether (sulfide) groups is 1. The number of aliphatic imine (C=N–C) groups is 1. The monoisotopic (exact) mass is 178 g/mol. The Morgan fingerprint density at radius 2 is 2.50 bits per heavy atom. The fourth-order valence-electron chi connectivity index (χ4n) is 1.14. The van der Waals surface area contributed by atoms with Gasteiger partial charge in [-0.1, -0.05) is 6.07 Å². The van der Waals surface area contributed by atoms with Gasteiger partial charge in [-0.15, -0.1) is 11.8 Å². The Hall–Kier alpha value is -1.25. The van der Waals surface area contributed by atoms with E-state index in [1.54, 1.807) is 17.8 Å². The molecule has 1 N–H and O–H groups in total. The summed E-state index contributed by atoms with van der Waals surface area (Å²) in [6, 6.07) is 5.65. The van der Waals surface area contributed by atoms with Crippen molar-refractivity contribution in [2.75, 3.05) is 11.2 Å². The Morgan fingerprint density at radius 1 is 1.58 bits per heavy atom. The second-order valence-corrected chi connectivity index (χ2v) is 3.31. The molecule has 1 aliphatic rings. The standard InChI is InChI=1S/C8H6N2OS/c11-4-9-6-2-1-3-7-8(6)12-5-10-7/h1-3,10H,5H2. The van der Waals surface area contributed by atoms with Gasteiger partial charge in [-0.25, -0.2) is 4.79 Å². The zero-order valence-electron chi connectivity index (χ0n) is 6.20. The van der Waals surface area contributed by atoms with Crippen molar-refractivity contribution in [2.45, 2.75) is 4.90 Å². The first kappa shape index (κ1) is 7.40. The van der Waals surface area contributed by atoms with Gasteiger partial charge in [-0.2, -0.15) is 4.99 Å². The van der Waals surface area contributed by atoms with E-state index in [4.69, 9.17) is 0 Å². The molecule has 1 aromatic rings. The summed E-state index contributed by atoms with van der Waals surface area (Å²) in [6.07, 6.45) is 1.55. The van der Waals surface area contributed by atoms with Gasteiger partial charge in [0.2, 0.25) is 6.08 Å². The van der Waals surface area contributed by atoms with Crippen molar-refractivity contribution >= 4 is 29.2 Å². The molecule has 0 amide bonds. The SMILES string of the molecule is O=C=Nc1cccc2c1SCN2. The molecule has 4 heteroatoms. The number of anilines is 1. The van der Waals surface area contributed by atoms with Gasteiger partial charge >= 0.3 is 0 Å². The van der Waals surface area contributed by atoms with Crippen LogP contribution in [0.15, 0.2) is 28.1 Å². The first-order valence-electron chi connectivity index (χ1n) is 3.49. The number of benzene rings is 1. The van der Waals surface area contributed by atoms with Crippen molar-refractivity contribution in [3.8, 4) is 0 Å². The first-order chi connectivity index (χ1) is 5.92. The summed E-state index contributed by atoms with van der Waals surface area (Å²) in [7, 11) is 0. The predicted octanol–water partition coefficient (Wildman–Crippen LogP) is 2.13. The first-order valence-corrected chi connectivity index (χ1v) is 4.48. The number of isocyanates is 1. The predicted molar refractivity (Wildman–Crippen MR) is 48.6 cm³/mol. The van der Waals surface area contributed by atoms with Crippen LogP contribution in [0.1, 0.15) is 0 Å². The lowest BCUT2D eigenvalue weighted by molar-refractivity contribution is 0.565. The number of nitrogens with zero attached hydrogens (tertiary/aromatic N) is 1. The van der Waals surface area contributed by atoms with Crippen LogP contribution in [0, 0.1) is 0 Å². The molecule has 1 heterocycles. The van der Waals surface area contributed by atoms with E-state index in [1.165, 1.54) is 0 Å². The molecule has 1 aliphatic heterocycles. The van der Waals surface area contributed by atoms with Crippen molar-refractivity contribution < 1.29 is 4.79 Å². The average Bonchev–Trinajstić information content (AvgIpc) is 2.53. The van der Waals surface area contributed by atoms with Gasteiger partial charge in [0.05, 0.1) is 22.1 Å². The molecule has 0 saturated heterocycles. The van der Waals surface area contributed by atoms with E-state index in [1.807, 2.05) is 18.2 Å². The second kappa shape index (κ2) is 3.01. The Kier molecular flexibility index (Phi) is 1.86. The quantitative estimate of drug-likeness (QED) is 0.529. The minimum atomic E-state index is 0.706. The van der Waals surface area contributed by atoms with E-state index in [0.717, 1.165) is 16.5 Å². The molecule has 0 aliphatic carbocycles. The largest absolute Gasteiger partial charge is 0.375 e. The van der Waals surface area contributed by atoms with Gasteiger partial charge < -0.3 is 5.32 Å². The number of hydrogen-bond donors (Lipinski definition) is 1. The van der Waals surface area contributed by atoms with Crippen LogP contribution < -0.4 is 5.32 Å². The minimum absolute atomic E-state index is 0.706. The Morgan fingerprint density at radius 3 is 3.33 bits per heavy atom. The lowest BCUT2D eigenvalue weighted by Crippen LogP contribution is -1.86. The molecular weight excluding hydrogens is 172 g/mol. The maximum Gasteiger partial charge on any atom is 0.240 e. The van der Waals surface area contributed by atoms with Crippen LogP contribution in [0.25, 0.3) is 0 Å². The van der Waals surface area contributed by atoms with Crippen molar-refractivity contribution in [3.63, 3.8) is 0 Å². The topological polar surface area (TPSA) is 41.5 Å². The Labute approximate surface area is 73.9 Å². The number of nitrogens with one attached hydrogen (secondary N) is 1. The summed E-state index contributed by atoms with van der Waals surface area (Å²) in [6.45, 7) is 0. The number of carbonyl (C=O) groups excluding carboxylic acids is 1. The van der Waals surface area contributed by atoms with Gasteiger partial charge in [0.15, 0.2) is 0 Å². The average molecular weight is 178 g/mol. The molecule has 12 heavy (non-hydrogen) atoms. The molecule has 2 rings (SSSR count). The highest BCUT2D eigenvalue weighted by Crippen LogP contribution is 2.40. The van der Waals surface area contributed by atoms with Gasteiger partial charge in [-0.05, 0) is 12.1 Å². The molecule has 0 bridgehead atoms. The molecule has 0 radical (unpaired) electrons. The van der Waals surface area contributed by atoms with E-state index >= 15 is 0 Å². The molecule has 0 atom stereocenters. The van der Waals surface area contributed by atoms with E-state index in [9.17, 15) is 4.79 Å². The number of hydrogen-bond acceptors (Lipinski definition) is 4. The Bertz CT molecular complexity index is 358. The normalized spacial score (nSPS) is 13.0. The molecule has 0 aromatic heterocycles. The van der Waals surface area contributed by atoms with Crippen LogP contribution in [0.4, 0.5) is 11.4 Å². The molecule has 0 saturated carbocycles. The third-order valence-corrected chi connectivity index (χ3v) is 2.65. The summed E-state index contributed by atoms with van der Waals surface area (Å²) in [5, 5.41) is 3.17. The minimum Gasteiger partial charge on any atom is -0.375 e. The fraction of sp³-hybridized carbons (Fsp3) is 0.125. The number of fused-ring (bicyclic) bond motifs is 1. The van der Waals surface area contributed by atoms with Gasteiger partial charge in [0.1, 0.15) is 0 Å². The van der Waals surface area contributed by atoms with Crippen molar-refractivity contribution in [1.82, 2.24) is 0 Å². The zero-order valence-corrected chi connectivity index (χ0v) is 7.02. The van der Waals surface area contributed by atoms with E-state index in [2.05, 4.69) is 10.3 Å². The molecule has 1 aromatic carbocycles. The maximum absolute atomic E-state index is 10.1. The van der Waals surface area contributed by atoms with Crippen LogP contribution >= 0.6 is 11.8 Å². The van der Waals surface area contributed by atoms with Crippen LogP contribution in [0.3, 0.4) is 0 Å². The Balaban J connectivity index is 2.56. The van der Waals surface area contributed by atoms with E-state index in [-0.39, 0.29) is 0 Å². The van der Waals surface area contributed by atoms with Crippen molar-refractivity contribution in [1.29, 1.82) is 0 Å². The molecule has 3 nitrogen and oxygen atoms in total. The van der Waals surface area contributed by atoms with Crippen LogP contribution in [-0.2, 0) is 4.79 Å². The third-order valence-electron chi connectivity index (χ3n) is 1.64. The van der Waals surface area contributed by atoms with E-state index in [0.29, 0.717) is 5.69 Å². The smallest absolute Gasteiger partial charge is 0.240 e. The molecule has 60 valence electrons. The fourth-order valence-corrected chi connectivity index (χ4v) is 2.07. The summed E-state index contributed by atoms with van der Waals surface area (Å²) in [4.78, 5) is 14.7. The van der Waals surface area contributed by atoms with Crippen LogP contribution in [-0.4, -0.2) is 12.0 Å². The summed E-state index contributed by atoms with van der Waals surface area (Å²) in [5.41, 5.74) is 1.76. The molecular formula is C8H6N2OS. The highest BCUT2D eigenvalue weighted by molar-refractivity contribution is 8.00. The highest BCUT2D eigenvalue weighted by Gasteiger charge is 2.13. The van der Waals surface area contributed by atoms with Gasteiger partial charge in [-0.3, -0.25) is 0 Å². The van der Waals surface area contributed by atoms with Crippen LogP contribution in [0.5, 0.6) is 0 Å². The van der Waals surface area contributed by atoms with Crippen molar-refractivity contribution in [2.24, 2.45) is 4.99 Å².